The molecule has 1 heterocycles. The fourth-order valence-electron chi connectivity index (χ4n) is 2.61. The average molecular weight is 269 g/mol. The summed E-state index contributed by atoms with van der Waals surface area (Å²) in [5.74, 6) is 0.161. The molecule has 2 rings (SSSR count). The third-order valence-corrected chi connectivity index (χ3v) is 3.70. The fraction of sp³-hybridized carbons (Fsp3) is 0.615. The molecule has 4 atom stereocenters. The van der Waals surface area contributed by atoms with Crippen LogP contribution in [-0.2, 0) is 0 Å². The molecule has 3 N–H and O–H groups in total. The van der Waals surface area contributed by atoms with Crippen LogP contribution in [0, 0.1) is 5.92 Å². The van der Waals surface area contributed by atoms with Gasteiger partial charge in [-0.25, -0.2) is 0 Å². The van der Waals surface area contributed by atoms with Gasteiger partial charge in [0.05, 0.1) is 26.4 Å². The van der Waals surface area contributed by atoms with Gasteiger partial charge in [-0.2, -0.15) is 4.98 Å². The van der Waals surface area contributed by atoms with Gasteiger partial charge in [-0.1, -0.05) is 0 Å². The lowest BCUT2D eigenvalue weighted by Crippen LogP contribution is -2.29. The van der Waals surface area contributed by atoms with E-state index in [1.165, 1.54) is 14.2 Å². The smallest absolute Gasteiger partial charge is 0.219 e. The van der Waals surface area contributed by atoms with E-state index in [0.717, 1.165) is 0 Å². The summed E-state index contributed by atoms with van der Waals surface area (Å²) < 4.78 is 10.2. The van der Waals surface area contributed by atoms with Gasteiger partial charge in [-0.15, -0.1) is 0 Å². The molecule has 106 valence electrons. The quantitative estimate of drug-likeness (QED) is 0.708. The van der Waals surface area contributed by atoms with Crippen molar-refractivity contribution in [3.05, 3.63) is 17.7 Å². The predicted octanol–water partition coefficient (Wildman–Crippen LogP) is -0.0836. The summed E-state index contributed by atoms with van der Waals surface area (Å²) in [5.41, 5.74) is 0.714. The summed E-state index contributed by atoms with van der Waals surface area (Å²) >= 11 is 0. The van der Waals surface area contributed by atoms with Gasteiger partial charge < -0.3 is 24.8 Å². The summed E-state index contributed by atoms with van der Waals surface area (Å²) in [6, 6.07) is 3.45. The van der Waals surface area contributed by atoms with Crippen molar-refractivity contribution in [2.75, 3.05) is 20.8 Å². The van der Waals surface area contributed by atoms with E-state index in [9.17, 15) is 15.3 Å². The van der Waals surface area contributed by atoms with Gasteiger partial charge in [0.2, 0.25) is 11.8 Å². The number of pyridine rings is 1. The Bertz CT molecular complexity index is 439. The molecule has 19 heavy (non-hydrogen) atoms. The van der Waals surface area contributed by atoms with Crippen molar-refractivity contribution in [2.45, 2.75) is 24.5 Å². The number of aliphatic hydroxyl groups excluding tert-OH is 3. The molecule has 1 aliphatic rings. The van der Waals surface area contributed by atoms with Crippen molar-refractivity contribution >= 4 is 0 Å². The van der Waals surface area contributed by atoms with Crippen molar-refractivity contribution < 1.29 is 24.8 Å². The van der Waals surface area contributed by atoms with Crippen molar-refractivity contribution in [3.63, 3.8) is 0 Å². The van der Waals surface area contributed by atoms with Crippen LogP contribution in [0.25, 0.3) is 0 Å². The molecule has 0 unspecified atom stereocenters. The number of ether oxygens (including phenoxy) is 2. The topological polar surface area (TPSA) is 92.0 Å². The standard InChI is InChI=1S/C13H19NO5/c1-18-10-4-3-8(13(14-10)19-2)9-5-7(6-15)11(16)12(9)17/h3-4,7,9,11-12,15-17H,5-6H2,1-2H3/t7-,9+,11-,12+/m1/s1. The molecule has 6 nitrogen and oxygen atoms in total. The second-order valence-corrected chi connectivity index (χ2v) is 4.72. The van der Waals surface area contributed by atoms with Crippen LogP contribution in [0.1, 0.15) is 17.9 Å². The number of aliphatic hydroxyl groups is 3. The van der Waals surface area contributed by atoms with Gasteiger partial charge >= 0.3 is 0 Å². The monoisotopic (exact) mass is 269 g/mol. The largest absolute Gasteiger partial charge is 0.481 e. The van der Waals surface area contributed by atoms with Gasteiger partial charge in [-0.3, -0.25) is 0 Å². The van der Waals surface area contributed by atoms with Crippen LogP contribution in [-0.4, -0.2) is 53.3 Å². The lowest BCUT2D eigenvalue weighted by molar-refractivity contribution is 0.00212. The first kappa shape index (κ1) is 14.0. The van der Waals surface area contributed by atoms with Crippen LogP contribution < -0.4 is 9.47 Å². The second-order valence-electron chi connectivity index (χ2n) is 4.72. The third kappa shape index (κ3) is 2.51. The van der Waals surface area contributed by atoms with Gasteiger partial charge in [0.25, 0.3) is 0 Å². The molecule has 1 aromatic rings. The molecule has 1 aromatic heterocycles. The van der Waals surface area contributed by atoms with E-state index < -0.39 is 12.2 Å². The highest BCUT2D eigenvalue weighted by Crippen LogP contribution is 2.41. The van der Waals surface area contributed by atoms with E-state index >= 15 is 0 Å². The molecular formula is C13H19NO5. The number of hydrogen-bond acceptors (Lipinski definition) is 6. The molecule has 0 amide bonds. The Kier molecular flexibility index (Phi) is 4.24. The fourth-order valence-corrected chi connectivity index (χ4v) is 2.61. The van der Waals surface area contributed by atoms with Gasteiger partial charge in [-0.05, 0) is 12.5 Å². The Labute approximate surface area is 111 Å². The van der Waals surface area contributed by atoms with E-state index in [-0.39, 0.29) is 18.4 Å². The number of methoxy groups -OCH3 is 2. The lowest BCUT2D eigenvalue weighted by atomic mass is 9.96. The number of hydrogen-bond donors (Lipinski definition) is 3. The van der Waals surface area contributed by atoms with E-state index in [1.54, 1.807) is 12.1 Å². The number of rotatable bonds is 4. The Morgan fingerprint density at radius 1 is 1.21 bits per heavy atom. The van der Waals surface area contributed by atoms with Crippen molar-refractivity contribution in [1.29, 1.82) is 0 Å². The second kappa shape index (κ2) is 5.73. The summed E-state index contributed by atoms with van der Waals surface area (Å²) in [4.78, 5) is 4.16. The number of nitrogens with zero attached hydrogens (tertiary/aromatic N) is 1. The van der Waals surface area contributed by atoms with E-state index in [0.29, 0.717) is 23.7 Å². The molecule has 0 aliphatic heterocycles. The van der Waals surface area contributed by atoms with Crippen LogP contribution in [0.3, 0.4) is 0 Å². The third-order valence-electron chi connectivity index (χ3n) is 3.70. The minimum atomic E-state index is -0.929. The zero-order valence-corrected chi connectivity index (χ0v) is 11.0. The van der Waals surface area contributed by atoms with Gasteiger partial charge in [0, 0.05) is 30.1 Å². The molecule has 0 aromatic carbocycles. The minimum absolute atomic E-state index is 0.152. The van der Waals surface area contributed by atoms with E-state index in [4.69, 9.17) is 9.47 Å². The SMILES string of the molecule is COc1ccc([C@@H]2C[C@H](CO)[C@@H](O)[C@H]2O)c(OC)n1. The molecule has 0 spiro atoms. The highest BCUT2D eigenvalue weighted by Gasteiger charge is 2.43. The van der Waals surface area contributed by atoms with Crippen LogP contribution in [0.5, 0.6) is 11.8 Å². The first-order valence-electron chi connectivity index (χ1n) is 6.18. The molecular weight excluding hydrogens is 250 g/mol. The van der Waals surface area contributed by atoms with Gasteiger partial charge in [0.1, 0.15) is 0 Å². The summed E-state index contributed by atoms with van der Waals surface area (Å²) in [6.45, 7) is -0.152. The summed E-state index contributed by atoms with van der Waals surface area (Å²) in [6.07, 6.45) is -1.37. The Morgan fingerprint density at radius 3 is 2.47 bits per heavy atom. The molecule has 1 aliphatic carbocycles. The van der Waals surface area contributed by atoms with Gasteiger partial charge in [0.15, 0.2) is 0 Å². The van der Waals surface area contributed by atoms with Crippen LogP contribution in [0.4, 0.5) is 0 Å². The molecule has 1 fully saturated rings. The summed E-state index contributed by atoms with van der Waals surface area (Å²) in [7, 11) is 3.00. The Morgan fingerprint density at radius 2 is 1.95 bits per heavy atom. The van der Waals surface area contributed by atoms with Crippen molar-refractivity contribution in [2.24, 2.45) is 5.92 Å². The zero-order chi connectivity index (χ0) is 14.0. The first-order chi connectivity index (χ1) is 9.12. The zero-order valence-electron chi connectivity index (χ0n) is 11.0. The van der Waals surface area contributed by atoms with E-state index in [2.05, 4.69) is 4.98 Å². The maximum atomic E-state index is 10.1. The minimum Gasteiger partial charge on any atom is -0.481 e. The molecule has 0 saturated heterocycles. The highest BCUT2D eigenvalue weighted by atomic mass is 16.5. The Hall–Kier alpha value is -1.37. The average Bonchev–Trinajstić information content (AvgIpc) is 2.74. The Balaban J connectivity index is 2.31. The lowest BCUT2D eigenvalue weighted by Gasteiger charge is -2.18. The van der Waals surface area contributed by atoms with Crippen LogP contribution in [0.15, 0.2) is 12.1 Å². The molecule has 0 radical (unpaired) electrons. The van der Waals surface area contributed by atoms with Crippen molar-refractivity contribution in [3.8, 4) is 11.8 Å². The van der Waals surface area contributed by atoms with E-state index in [1.807, 2.05) is 0 Å². The molecule has 1 saturated carbocycles. The maximum absolute atomic E-state index is 10.1. The predicted molar refractivity (Wildman–Crippen MR) is 67.3 cm³/mol. The molecule has 6 heteroatoms. The first-order valence-corrected chi connectivity index (χ1v) is 6.18. The molecule has 0 bridgehead atoms. The summed E-state index contributed by atoms with van der Waals surface area (Å²) in [5, 5.41) is 29.1. The van der Waals surface area contributed by atoms with Crippen LogP contribution in [0.2, 0.25) is 0 Å². The van der Waals surface area contributed by atoms with Crippen LogP contribution >= 0.6 is 0 Å². The van der Waals surface area contributed by atoms with Crippen molar-refractivity contribution in [1.82, 2.24) is 4.98 Å². The normalized spacial score (nSPS) is 30.4. The highest BCUT2D eigenvalue weighted by molar-refractivity contribution is 5.35. The maximum Gasteiger partial charge on any atom is 0.219 e. The number of aromatic nitrogens is 1.